The second-order valence-corrected chi connectivity index (χ2v) is 9.39. The first-order valence-corrected chi connectivity index (χ1v) is 9.53. The van der Waals surface area contributed by atoms with Crippen molar-refractivity contribution in [1.29, 1.82) is 0 Å². The average Bonchev–Trinajstić information content (AvgIpc) is 2.59. The summed E-state index contributed by atoms with van der Waals surface area (Å²) in [6, 6.07) is 1.69. The monoisotopic (exact) mass is 357 g/mol. The largest absolute Gasteiger partial charge is 0.250 e. The van der Waals surface area contributed by atoms with Gasteiger partial charge in [0.05, 0.1) is 3.79 Å². The summed E-state index contributed by atoms with van der Waals surface area (Å²) in [6.07, 6.45) is 2.87. The number of hydrogen-bond acceptors (Lipinski definition) is 4. The van der Waals surface area contributed by atoms with Gasteiger partial charge in [0.2, 0.25) is 10.0 Å². The fourth-order valence-corrected chi connectivity index (χ4v) is 4.82. The van der Waals surface area contributed by atoms with E-state index in [1.54, 1.807) is 17.8 Å². The molecule has 0 bridgehead atoms. The lowest BCUT2D eigenvalue weighted by atomic mass is 10.3. The number of thiophene rings is 1. The highest BCUT2D eigenvalue weighted by molar-refractivity contribution is 9.11. The summed E-state index contributed by atoms with van der Waals surface area (Å²) in [5, 5.41) is 0.467. The third kappa shape index (κ3) is 4.55. The number of rotatable bonds is 6. The van der Waals surface area contributed by atoms with Gasteiger partial charge in [-0.15, -0.1) is 11.3 Å². The summed E-state index contributed by atoms with van der Waals surface area (Å²) < 4.78 is 27.8. The van der Waals surface area contributed by atoms with Gasteiger partial charge in [-0.25, -0.2) is 13.1 Å². The molecule has 0 radical (unpaired) electrons. The maximum absolute atomic E-state index is 11.9. The number of sulfonamides is 1. The lowest BCUT2D eigenvalue weighted by Gasteiger charge is -2.08. The predicted octanol–water partition coefficient (Wildman–Crippen LogP) is 3.24. The van der Waals surface area contributed by atoms with Crippen LogP contribution < -0.4 is 4.72 Å². The van der Waals surface area contributed by atoms with Crippen LogP contribution in [0.15, 0.2) is 14.1 Å². The van der Waals surface area contributed by atoms with Crippen LogP contribution in [0, 0.1) is 6.92 Å². The van der Waals surface area contributed by atoms with Gasteiger partial charge in [0, 0.05) is 11.8 Å². The molecule has 1 N–H and O–H groups in total. The van der Waals surface area contributed by atoms with Gasteiger partial charge < -0.3 is 0 Å². The summed E-state index contributed by atoms with van der Waals surface area (Å²) in [4.78, 5) is 0. The summed E-state index contributed by atoms with van der Waals surface area (Å²) in [7, 11) is -3.34. The zero-order valence-electron chi connectivity index (χ0n) is 9.99. The molecule has 17 heavy (non-hydrogen) atoms. The Morgan fingerprint density at radius 3 is 2.71 bits per heavy atom. The van der Waals surface area contributed by atoms with Crippen molar-refractivity contribution in [1.82, 2.24) is 4.72 Å². The number of thioether (sulfide) groups is 1. The van der Waals surface area contributed by atoms with Crippen LogP contribution in [0.5, 0.6) is 0 Å². The molecule has 1 aromatic rings. The van der Waals surface area contributed by atoms with Crippen LogP contribution in [-0.4, -0.2) is 26.5 Å². The van der Waals surface area contributed by atoms with E-state index >= 15 is 0 Å². The van der Waals surface area contributed by atoms with Gasteiger partial charge in [0.1, 0.15) is 4.21 Å². The Morgan fingerprint density at radius 2 is 2.24 bits per heavy atom. The normalized spacial score (nSPS) is 13.9. The molecule has 0 spiro atoms. The van der Waals surface area contributed by atoms with Crippen LogP contribution in [0.1, 0.15) is 18.9 Å². The highest BCUT2D eigenvalue weighted by atomic mass is 79.9. The van der Waals surface area contributed by atoms with Gasteiger partial charge >= 0.3 is 0 Å². The summed E-state index contributed by atoms with van der Waals surface area (Å²) in [6.45, 7) is 4.46. The molecule has 7 heteroatoms. The molecule has 0 aliphatic carbocycles. The van der Waals surface area contributed by atoms with E-state index < -0.39 is 10.0 Å². The number of aryl methyl sites for hydroxylation is 1. The van der Waals surface area contributed by atoms with E-state index in [0.29, 0.717) is 16.0 Å². The Kier molecular flexibility index (Phi) is 5.98. The maximum atomic E-state index is 11.9. The molecule has 0 aliphatic rings. The first kappa shape index (κ1) is 15.5. The molecule has 98 valence electrons. The van der Waals surface area contributed by atoms with Gasteiger partial charge in [-0.3, -0.25) is 0 Å². The quantitative estimate of drug-likeness (QED) is 0.849. The molecule has 1 heterocycles. The Hall–Kier alpha value is 0.440. The fraction of sp³-hybridized carbons (Fsp3) is 0.600. The van der Waals surface area contributed by atoms with E-state index in [-0.39, 0.29) is 0 Å². The second-order valence-electron chi connectivity index (χ2n) is 3.75. The van der Waals surface area contributed by atoms with Crippen molar-refractivity contribution in [3.63, 3.8) is 0 Å². The third-order valence-corrected chi connectivity index (χ3v) is 7.46. The molecule has 0 aromatic carbocycles. The van der Waals surface area contributed by atoms with Crippen LogP contribution in [0.2, 0.25) is 0 Å². The molecule has 1 rings (SSSR count). The summed E-state index contributed by atoms with van der Waals surface area (Å²) >= 11 is 6.32. The minimum absolute atomic E-state index is 0.374. The first-order valence-electron chi connectivity index (χ1n) is 5.15. The van der Waals surface area contributed by atoms with Crippen molar-refractivity contribution >= 4 is 49.1 Å². The van der Waals surface area contributed by atoms with E-state index in [1.165, 1.54) is 11.3 Å². The summed E-state index contributed by atoms with van der Waals surface area (Å²) in [5.41, 5.74) is 0.952. The molecule has 0 saturated heterocycles. The third-order valence-electron chi connectivity index (χ3n) is 2.34. The minimum atomic E-state index is -3.34. The van der Waals surface area contributed by atoms with Crippen LogP contribution in [0.4, 0.5) is 0 Å². The molecular weight excluding hydrogens is 342 g/mol. The highest BCUT2D eigenvalue weighted by Crippen LogP contribution is 2.30. The lowest BCUT2D eigenvalue weighted by molar-refractivity contribution is 0.581. The molecular formula is C10H16BrNO2S3. The SMILES string of the molecule is CSC(C)CCNS(=O)(=O)c1cc(C)c(Br)s1. The molecule has 0 aliphatic heterocycles. The van der Waals surface area contributed by atoms with E-state index in [2.05, 4.69) is 27.6 Å². The predicted molar refractivity (Wildman–Crippen MR) is 79.5 cm³/mol. The van der Waals surface area contributed by atoms with Crippen molar-refractivity contribution in [3.05, 3.63) is 15.4 Å². The molecule has 1 atom stereocenters. The van der Waals surface area contributed by atoms with Gasteiger partial charge in [-0.2, -0.15) is 11.8 Å². The maximum Gasteiger partial charge on any atom is 0.250 e. The molecule has 3 nitrogen and oxygen atoms in total. The zero-order valence-corrected chi connectivity index (χ0v) is 14.0. The fourth-order valence-electron chi connectivity index (χ4n) is 1.15. The van der Waals surface area contributed by atoms with Crippen molar-refractivity contribution in [2.45, 2.75) is 29.7 Å². The van der Waals surface area contributed by atoms with Gasteiger partial charge in [-0.1, -0.05) is 6.92 Å². The summed E-state index contributed by atoms with van der Waals surface area (Å²) in [5.74, 6) is 0. The lowest BCUT2D eigenvalue weighted by Crippen LogP contribution is -2.25. The smallest absolute Gasteiger partial charge is 0.210 e. The first-order chi connectivity index (χ1) is 7.86. The Labute approximate surface area is 120 Å². The van der Waals surface area contributed by atoms with E-state index in [0.717, 1.165) is 15.8 Å². The average molecular weight is 358 g/mol. The Morgan fingerprint density at radius 1 is 1.59 bits per heavy atom. The standard InChI is InChI=1S/C10H16BrNO2S3/c1-7-6-9(16-10(7)11)17(13,14)12-5-4-8(2)15-3/h6,8,12H,4-5H2,1-3H3. The van der Waals surface area contributed by atoms with Crippen molar-refractivity contribution in [2.75, 3.05) is 12.8 Å². The second kappa shape index (κ2) is 6.56. The van der Waals surface area contributed by atoms with Crippen molar-refractivity contribution < 1.29 is 8.42 Å². The Bertz CT molecular complexity index is 450. The minimum Gasteiger partial charge on any atom is -0.210 e. The van der Waals surface area contributed by atoms with Gasteiger partial charge in [-0.05, 0) is 47.2 Å². The van der Waals surface area contributed by atoms with E-state index in [4.69, 9.17) is 0 Å². The van der Waals surface area contributed by atoms with Crippen molar-refractivity contribution in [2.24, 2.45) is 0 Å². The molecule has 0 fully saturated rings. The highest BCUT2D eigenvalue weighted by Gasteiger charge is 2.17. The van der Waals surface area contributed by atoms with Crippen molar-refractivity contribution in [3.8, 4) is 0 Å². The molecule has 0 saturated carbocycles. The van der Waals surface area contributed by atoms with E-state index in [1.807, 2.05) is 13.2 Å². The number of halogens is 1. The van der Waals surface area contributed by atoms with Gasteiger partial charge in [0.15, 0.2) is 0 Å². The number of nitrogens with one attached hydrogen (secondary N) is 1. The zero-order chi connectivity index (χ0) is 13.1. The Balaban J connectivity index is 2.63. The van der Waals surface area contributed by atoms with Crippen LogP contribution in [-0.2, 0) is 10.0 Å². The van der Waals surface area contributed by atoms with Crippen LogP contribution >= 0.6 is 39.0 Å². The molecule has 1 aromatic heterocycles. The van der Waals surface area contributed by atoms with Crippen LogP contribution in [0.3, 0.4) is 0 Å². The topological polar surface area (TPSA) is 46.2 Å². The molecule has 0 amide bonds. The molecule has 1 unspecified atom stereocenters. The van der Waals surface area contributed by atoms with Gasteiger partial charge in [0.25, 0.3) is 0 Å². The number of hydrogen-bond donors (Lipinski definition) is 1. The van der Waals surface area contributed by atoms with E-state index in [9.17, 15) is 8.42 Å². The van der Waals surface area contributed by atoms with Crippen LogP contribution in [0.25, 0.3) is 0 Å².